The first kappa shape index (κ1) is 18.2. The van der Waals surface area contributed by atoms with Gasteiger partial charge in [0, 0.05) is 17.2 Å². The highest BCUT2D eigenvalue weighted by molar-refractivity contribution is 5.41. The molecule has 0 N–H and O–H groups in total. The van der Waals surface area contributed by atoms with Crippen LogP contribution < -0.4 is 0 Å². The highest BCUT2D eigenvalue weighted by Crippen LogP contribution is 2.54. The molecule has 0 radical (unpaired) electrons. The highest BCUT2D eigenvalue weighted by atomic mass is 19.4. The normalized spacial score (nSPS) is 26.9. The van der Waals surface area contributed by atoms with E-state index in [4.69, 9.17) is 9.72 Å². The Hall–Kier alpha value is -1.88. The number of alkyl halides is 3. The smallest absolute Gasteiger partial charge is 0.363 e. The molecule has 28 heavy (non-hydrogen) atoms. The van der Waals surface area contributed by atoms with Gasteiger partial charge in [0.25, 0.3) is 0 Å². The van der Waals surface area contributed by atoms with Crippen LogP contribution in [0.4, 0.5) is 13.2 Å². The lowest BCUT2D eigenvalue weighted by atomic mass is 9.70. The first-order valence-electron chi connectivity index (χ1n) is 10.3. The number of ether oxygens (including phenoxy) is 1. The minimum Gasteiger partial charge on any atom is -0.363 e. The maximum atomic E-state index is 13.0. The average Bonchev–Trinajstić information content (AvgIpc) is 3.04. The zero-order chi connectivity index (χ0) is 19.4. The molecule has 2 aromatic rings. The predicted octanol–water partition coefficient (Wildman–Crippen LogP) is 6.06. The maximum Gasteiger partial charge on any atom is 0.416 e. The summed E-state index contributed by atoms with van der Waals surface area (Å²) in [5, 5.41) is 0. The molecule has 1 aliphatic heterocycles. The molecule has 3 aliphatic rings. The molecule has 1 aromatic carbocycles. The van der Waals surface area contributed by atoms with Crippen LogP contribution in [0.15, 0.2) is 30.3 Å². The number of aryl methyl sites for hydroxylation is 2. The number of hydrogen-bond donors (Lipinski definition) is 0. The monoisotopic (exact) mass is 387 g/mol. The molecule has 2 aliphatic carbocycles. The van der Waals surface area contributed by atoms with Gasteiger partial charge in [-0.05, 0) is 67.9 Å². The Morgan fingerprint density at radius 1 is 0.964 bits per heavy atom. The third-order valence-corrected chi connectivity index (χ3v) is 6.76. The van der Waals surface area contributed by atoms with E-state index in [9.17, 15) is 13.2 Å². The lowest BCUT2D eigenvalue weighted by molar-refractivity contribution is -0.137. The van der Waals surface area contributed by atoms with Crippen LogP contribution in [0, 0.1) is 0 Å². The van der Waals surface area contributed by atoms with E-state index >= 15 is 0 Å². The maximum absolute atomic E-state index is 13.0. The summed E-state index contributed by atoms with van der Waals surface area (Å²) in [5.74, 6) is 0.0546. The third-order valence-electron chi connectivity index (χ3n) is 6.76. The van der Waals surface area contributed by atoms with Gasteiger partial charge >= 0.3 is 6.18 Å². The fourth-order valence-corrected chi connectivity index (χ4v) is 5.37. The Morgan fingerprint density at radius 3 is 2.54 bits per heavy atom. The zero-order valence-corrected chi connectivity index (χ0v) is 15.8. The van der Waals surface area contributed by atoms with Crippen molar-refractivity contribution < 1.29 is 17.9 Å². The molecule has 0 bridgehead atoms. The van der Waals surface area contributed by atoms with Crippen LogP contribution in [-0.2, 0) is 36.0 Å². The summed E-state index contributed by atoms with van der Waals surface area (Å²) in [7, 11) is 0. The fraction of sp³-hybridized carbons (Fsp3) is 0.522. The van der Waals surface area contributed by atoms with E-state index in [0.717, 1.165) is 49.8 Å². The first-order chi connectivity index (χ1) is 13.5. The van der Waals surface area contributed by atoms with Crippen LogP contribution >= 0.6 is 0 Å². The van der Waals surface area contributed by atoms with Gasteiger partial charge in [0.15, 0.2) is 0 Å². The van der Waals surface area contributed by atoms with Gasteiger partial charge < -0.3 is 4.74 Å². The lowest BCUT2D eigenvalue weighted by Crippen LogP contribution is -2.37. The predicted molar refractivity (Wildman–Crippen MR) is 100.0 cm³/mol. The van der Waals surface area contributed by atoms with E-state index in [1.807, 2.05) is 0 Å². The van der Waals surface area contributed by atoms with Crippen molar-refractivity contribution >= 4 is 0 Å². The number of hydrogen-bond acceptors (Lipinski definition) is 2. The quantitative estimate of drug-likeness (QED) is 0.593. The second kappa shape index (κ2) is 6.58. The highest BCUT2D eigenvalue weighted by Gasteiger charge is 2.50. The van der Waals surface area contributed by atoms with Crippen LogP contribution in [0.1, 0.15) is 78.1 Å². The fourth-order valence-electron chi connectivity index (χ4n) is 5.37. The van der Waals surface area contributed by atoms with Crippen molar-refractivity contribution in [3.8, 4) is 0 Å². The minimum absolute atomic E-state index is 0.0546. The van der Waals surface area contributed by atoms with Crippen LogP contribution in [-0.4, -0.2) is 4.98 Å². The van der Waals surface area contributed by atoms with Crippen molar-refractivity contribution in [2.24, 2.45) is 0 Å². The van der Waals surface area contributed by atoms with E-state index in [1.165, 1.54) is 41.8 Å². The van der Waals surface area contributed by atoms with Gasteiger partial charge in [-0.2, -0.15) is 13.2 Å². The second-order valence-corrected chi connectivity index (χ2v) is 8.41. The lowest BCUT2D eigenvalue weighted by Gasteiger charge is -2.41. The number of aromatic nitrogens is 1. The van der Waals surface area contributed by atoms with Crippen molar-refractivity contribution in [1.29, 1.82) is 0 Å². The third kappa shape index (κ3) is 2.86. The molecule has 5 rings (SSSR count). The molecular weight excluding hydrogens is 363 g/mol. The van der Waals surface area contributed by atoms with E-state index < -0.39 is 17.3 Å². The molecular formula is C23H24F3NO. The molecule has 2 unspecified atom stereocenters. The summed E-state index contributed by atoms with van der Waals surface area (Å²) in [5.41, 5.74) is 4.64. The number of benzene rings is 1. The number of pyridine rings is 1. The summed E-state index contributed by atoms with van der Waals surface area (Å²) >= 11 is 0. The van der Waals surface area contributed by atoms with Gasteiger partial charge in [0.1, 0.15) is 5.60 Å². The average molecular weight is 387 g/mol. The van der Waals surface area contributed by atoms with E-state index in [1.54, 1.807) is 12.1 Å². The van der Waals surface area contributed by atoms with Crippen LogP contribution in [0.2, 0.25) is 0 Å². The number of halogens is 3. The molecule has 148 valence electrons. The molecule has 0 saturated heterocycles. The molecule has 1 saturated carbocycles. The molecule has 2 nitrogen and oxygen atoms in total. The Morgan fingerprint density at radius 2 is 1.75 bits per heavy atom. The minimum atomic E-state index is -4.31. The topological polar surface area (TPSA) is 22.1 Å². The van der Waals surface area contributed by atoms with Crippen molar-refractivity contribution in [3.63, 3.8) is 0 Å². The van der Waals surface area contributed by atoms with Gasteiger partial charge in [0.05, 0.1) is 17.9 Å². The van der Waals surface area contributed by atoms with Gasteiger partial charge in [0.2, 0.25) is 0 Å². The molecule has 0 amide bonds. The van der Waals surface area contributed by atoms with Crippen LogP contribution in [0.25, 0.3) is 0 Å². The largest absolute Gasteiger partial charge is 0.416 e. The van der Waals surface area contributed by atoms with Crippen molar-refractivity contribution in [3.05, 3.63) is 64.0 Å². The Labute approximate surface area is 163 Å². The van der Waals surface area contributed by atoms with Gasteiger partial charge in [-0.15, -0.1) is 0 Å². The van der Waals surface area contributed by atoms with Gasteiger partial charge in [-0.3, -0.25) is 4.98 Å². The van der Waals surface area contributed by atoms with Crippen molar-refractivity contribution in [2.75, 3.05) is 0 Å². The standard InChI is InChI=1S/C23H24F3NO/c24-23(25,26)18-10-8-15(9-11-18)19-6-3-4-12-22(19)21-17(14-28-22)13-16-5-1-2-7-20(16)27-21/h8-11,13,19H,1-7,12,14H2. The number of fused-ring (bicyclic) bond motifs is 3. The molecule has 1 spiro atoms. The molecule has 2 heterocycles. The first-order valence-corrected chi connectivity index (χ1v) is 10.3. The number of nitrogens with zero attached hydrogens (tertiary/aromatic N) is 1. The van der Waals surface area contributed by atoms with E-state index in [2.05, 4.69) is 6.07 Å². The van der Waals surface area contributed by atoms with E-state index in [0.29, 0.717) is 6.61 Å². The SMILES string of the molecule is FC(F)(F)c1ccc(C2CCCCC23OCc2cc4c(nc23)CCCC4)cc1. The molecule has 1 fully saturated rings. The Kier molecular flexibility index (Phi) is 4.27. The van der Waals surface area contributed by atoms with Gasteiger partial charge in [-0.1, -0.05) is 25.0 Å². The van der Waals surface area contributed by atoms with Crippen molar-refractivity contribution in [1.82, 2.24) is 4.98 Å². The van der Waals surface area contributed by atoms with Gasteiger partial charge in [-0.25, -0.2) is 0 Å². The summed E-state index contributed by atoms with van der Waals surface area (Å²) in [6.45, 7) is 0.562. The summed E-state index contributed by atoms with van der Waals surface area (Å²) in [6.07, 6.45) is 4.13. The van der Waals surface area contributed by atoms with Crippen LogP contribution in [0.5, 0.6) is 0 Å². The molecule has 5 heteroatoms. The summed E-state index contributed by atoms with van der Waals surface area (Å²) < 4.78 is 45.4. The molecule has 2 atom stereocenters. The molecule has 1 aromatic heterocycles. The van der Waals surface area contributed by atoms with Crippen LogP contribution in [0.3, 0.4) is 0 Å². The Balaban J connectivity index is 1.56. The summed E-state index contributed by atoms with van der Waals surface area (Å²) in [4.78, 5) is 5.10. The van der Waals surface area contributed by atoms with E-state index in [-0.39, 0.29) is 5.92 Å². The summed E-state index contributed by atoms with van der Waals surface area (Å²) in [6, 6.07) is 7.96. The number of rotatable bonds is 1. The zero-order valence-electron chi connectivity index (χ0n) is 15.8. The second-order valence-electron chi connectivity index (χ2n) is 8.41. The Bertz CT molecular complexity index is 890. The van der Waals surface area contributed by atoms with Crippen molar-refractivity contribution in [2.45, 2.75) is 75.7 Å².